The SMILES string of the molecule is O=C(c1cnc(OCC(F)(F)F)c(Cl)c1)N1CCN(S(=O)(=O)c2cccc(F)c2)CC1. The van der Waals surface area contributed by atoms with Crippen LogP contribution in [0, 0.1) is 5.82 Å². The second-order valence-corrected chi connectivity index (χ2v) is 8.91. The molecule has 1 aromatic carbocycles. The monoisotopic (exact) mass is 481 g/mol. The van der Waals surface area contributed by atoms with Crippen LogP contribution >= 0.6 is 11.6 Å². The van der Waals surface area contributed by atoms with E-state index >= 15 is 0 Å². The van der Waals surface area contributed by atoms with Gasteiger partial charge in [0.15, 0.2) is 6.61 Å². The van der Waals surface area contributed by atoms with Gasteiger partial charge in [-0.3, -0.25) is 4.79 Å². The smallest absolute Gasteiger partial charge is 0.422 e. The topological polar surface area (TPSA) is 79.8 Å². The number of benzene rings is 1. The summed E-state index contributed by atoms with van der Waals surface area (Å²) in [5.41, 5.74) is 0.0193. The molecule has 0 atom stereocenters. The Kier molecular flexibility index (Phi) is 6.72. The number of nitrogens with zero attached hydrogens (tertiary/aromatic N) is 3. The second kappa shape index (κ2) is 8.97. The van der Waals surface area contributed by atoms with E-state index < -0.39 is 40.4 Å². The molecule has 1 amide bonds. The van der Waals surface area contributed by atoms with E-state index in [4.69, 9.17) is 11.6 Å². The summed E-state index contributed by atoms with van der Waals surface area (Å²) < 4.78 is 81.0. The Bertz CT molecular complexity index is 1070. The van der Waals surface area contributed by atoms with Gasteiger partial charge >= 0.3 is 6.18 Å². The molecule has 2 heterocycles. The summed E-state index contributed by atoms with van der Waals surface area (Å²) >= 11 is 5.86. The minimum absolute atomic E-state index is 0.0154. The van der Waals surface area contributed by atoms with Crippen LogP contribution in [0.3, 0.4) is 0 Å². The molecule has 0 aliphatic carbocycles. The summed E-state index contributed by atoms with van der Waals surface area (Å²) in [4.78, 5) is 17.5. The van der Waals surface area contributed by atoms with E-state index in [1.54, 1.807) is 0 Å². The van der Waals surface area contributed by atoms with Gasteiger partial charge in [0.1, 0.15) is 10.8 Å². The maximum Gasteiger partial charge on any atom is 0.422 e. The van der Waals surface area contributed by atoms with Gasteiger partial charge in [-0.1, -0.05) is 17.7 Å². The number of hydrogen-bond acceptors (Lipinski definition) is 5. The molecule has 0 radical (unpaired) electrons. The quantitative estimate of drug-likeness (QED) is 0.613. The first-order valence-corrected chi connectivity index (χ1v) is 10.7. The summed E-state index contributed by atoms with van der Waals surface area (Å²) in [7, 11) is -3.92. The highest BCUT2D eigenvalue weighted by Crippen LogP contribution is 2.26. The Labute approximate surface area is 180 Å². The molecule has 0 unspecified atom stereocenters. The molecule has 31 heavy (non-hydrogen) atoms. The van der Waals surface area contributed by atoms with E-state index in [0.717, 1.165) is 28.7 Å². The first-order chi connectivity index (χ1) is 14.5. The highest BCUT2D eigenvalue weighted by molar-refractivity contribution is 7.89. The standard InChI is InChI=1S/C18H16ClF4N3O4S/c19-15-8-12(10-24-16(15)30-11-18(21,22)23)17(27)25-4-6-26(7-5-25)31(28,29)14-3-1-2-13(20)9-14/h1-3,8-10H,4-7,11H2. The maximum atomic E-state index is 13.4. The molecular weight excluding hydrogens is 466 g/mol. The Hall–Kier alpha value is -2.44. The van der Waals surface area contributed by atoms with Crippen LogP contribution in [0.15, 0.2) is 41.4 Å². The molecule has 1 aliphatic heterocycles. The lowest BCUT2D eigenvalue weighted by Gasteiger charge is -2.34. The van der Waals surface area contributed by atoms with Gasteiger partial charge in [-0.15, -0.1) is 0 Å². The number of ether oxygens (including phenoxy) is 1. The van der Waals surface area contributed by atoms with E-state index in [1.165, 1.54) is 17.0 Å². The highest BCUT2D eigenvalue weighted by atomic mass is 35.5. The predicted molar refractivity (Wildman–Crippen MR) is 102 cm³/mol. The first-order valence-electron chi connectivity index (χ1n) is 8.87. The van der Waals surface area contributed by atoms with Crippen LogP contribution in [0.5, 0.6) is 5.88 Å². The summed E-state index contributed by atoms with van der Waals surface area (Å²) in [5.74, 6) is -1.65. The van der Waals surface area contributed by atoms with Gasteiger partial charge in [0.2, 0.25) is 15.9 Å². The van der Waals surface area contributed by atoms with Gasteiger partial charge in [0, 0.05) is 32.4 Å². The van der Waals surface area contributed by atoms with Gasteiger partial charge < -0.3 is 9.64 Å². The summed E-state index contributed by atoms with van der Waals surface area (Å²) in [6, 6.07) is 5.77. The number of aromatic nitrogens is 1. The fraction of sp³-hybridized carbons (Fsp3) is 0.333. The Morgan fingerprint density at radius 3 is 2.42 bits per heavy atom. The van der Waals surface area contributed by atoms with Crippen molar-refractivity contribution < 1.29 is 35.5 Å². The van der Waals surface area contributed by atoms with Gasteiger partial charge in [0.25, 0.3) is 5.91 Å². The average Bonchev–Trinajstić information content (AvgIpc) is 2.71. The van der Waals surface area contributed by atoms with Gasteiger partial charge in [-0.25, -0.2) is 17.8 Å². The lowest BCUT2D eigenvalue weighted by Crippen LogP contribution is -2.50. The summed E-state index contributed by atoms with van der Waals surface area (Å²) in [6.45, 7) is -1.50. The van der Waals surface area contributed by atoms with Crippen LogP contribution in [0.1, 0.15) is 10.4 Å². The van der Waals surface area contributed by atoms with Crippen LogP contribution in [-0.2, 0) is 10.0 Å². The van der Waals surface area contributed by atoms with Crippen molar-refractivity contribution in [1.29, 1.82) is 0 Å². The third-order valence-electron chi connectivity index (χ3n) is 4.39. The zero-order valence-electron chi connectivity index (χ0n) is 15.8. The molecule has 3 rings (SSSR count). The molecule has 1 aromatic heterocycles. The van der Waals surface area contributed by atoms with Gasteiger partial charge in [0.05, 0.1) is 10.5 Å². The zero-order valence-corrected chi connectivity index (χ0v) is 17.3. The van der Waals surface area contributed by atoms with E-state index in [2.05, 4.69) is 9.72 Å². The highest BCUT2D eigenvalue weighted by Gasteiger charge is 2.32. The molecule has 13 heteroatoms. The van der Waals surface area contributed by atoms with Crippen molar-refractivity contribution in [2.24, 2.45) is 0 Å². The van der Waals surface area contributed by atoms with Crippen molar-refractivity contribution >= 4 is 27.5 Å². The van der Waals surface area contributed by atoms with Gasteiger partial charge in [-0.05, 0) is 24.3 Å². The third kappa shape index (κ3) is 5.63. The molecule has 1 fully saturated rings. The molecule has 0 saturated carbocycles. The zero-order chi connectivity index (χ0) is 22.8. The fourth-order valence-corrected chi connectivity index (χ4v) is 4.56. The van der Waals surface area contributed by atoms with Crippen LogP contribution in [-0.4, -0.2) is 67.5 Å². The second-order valence-electron chi connectivity index (χ2n) is 6.57. The number of sulfonamides is 1. The Morgan fingerprint density at radius 2 is 1.84 bits per heavy atom. The van der Waals surface area contributed by atoms with Crippen molar-refractivity contribution in [3.05, 3.63) is 52.9 Å². The predicted octanol–water partition coefficient (Wildman–Crippen LogP) is 2.96. The minimum Gasteiger partial charge on any atom is -0.467 e. The molecular formula is C18H16ClF4N3O4S. The molecule has 168 valence electrons. The maximum absolute atomic E-state index is 13.4. The number of hydrogen-bond donors (Lipinski definition) is 0. The number of rotatable bonds is 5. The summed E-state index contributed by atoms with van der Waals surface area (Å²) in [6.07, 6.45) is -3.53. The number of carbonyl (C=O) groups is 1. The summed E-state index contributed by atoms with van der Waals surface area (Å²) in [5, 5.41) is -0.262. The van der Waals surface area contributed by atoms with Crippen LogP contribution in [0.25, 0.3) is 0 Å². The van der Waals surface area contributed by atoms with Crippen LogP contribution in [0.4, 0.5) is 17.6 Å². The molecule has 0 N–H and O–H groups in total. The number of carbonyl (C=O) groups excluding carboxylic acids is 1. The Morgan fingerprint density at radius 1 is 1.16 bits per heavy atom. The minimum atomic E-state index is -4.56. The van der Waals surface area contributed by atoms with E-state index in [-0.39, 0.29) is 41.7 Å². The van der Waals surface area contributed by atoms with E-state index in [0.29, 0.717) is 0 Å². The number of pyridine rings is 1. The lowest BCUT2D eigenvalue weighted by molar-refractivity contribution is -0.154. The molecule has 1 saturated heterocycles. The largest absolute Gasteiger partial charge is 0.467 e. The third-order valence-corrected chi connectivity index (χ3v) is 6.55. The van der Waals surface area contributed by atoms with Crippen molar-refractivity contribution in [2.75, 3.05) is 32.8 Å². The van der Waals surface area contributed by atoms with Crippen LogP contribution < -0.4 is 4.74 Å². The molecule has 0 spiro atoms. The number of halogens is 5. The van der Waals surface area contributed by atoms with E-state index in [1.807, 2.05) is 0 Å². The van der Waals surface area contributed by atoms with E-state index in [9.17, 15) is 30.8 Å². The lowest BCUT2D eigenvalue weighted by atomic mass is 10.2. The first kappa shape index (κ1) is 23.2. The molecule has 2 aromatic rings. The number of amides is 1. The molecule has 7 nitrogen and oxygen atoms in total. The van der Waals surface area contributed by atoms with Crippen molar-refractivity contribution in [1.82, 2.24) is 14.2 Å². The van der Waals surface area contributed by atoms with Crippen molar-refractivity contribution in [2.45, 2.75) is 11.1 Å². The van der Waals surface area contributed by atoms with Crippen molar-refractivity contribution in [3.8, 4) is 5.88 Å². The normalized spacial score (nSPS) is 15.7. The van der Waals surface area contributed by atoms with Crippen molar-refractivity contribution in [3.63, 3.8) is 0 Å². The molecule has 0 bridgehead atoms. The number of alkyl halides is 3. The van der Waals surface area contributed by atoms with Gasteiger partial charge in [-0.2, -0.15) is 17.5 Å². The fourth-order valence-electron chi connectivity index (χ4n) is 2.89. The average molecular weight is 482 g/mol. The number of piperazine rings is 1. The van der Waals surface area contributed by atoms with Crippen LogP contribution in [0.2, 0.25) is 5.02 Å². The molecule has 1 aliphatic rings. The Balaban J connectivity index is 1.64.